The average Bonchev–Trinajstić information content (AvgIpc) is 2.63. The first kappa shape index (κ1) is 10.5. The maximum atomic E-state index is 10.6. The first-order chi connectivity index (χ1) is 6.75. The fourth-order valence-corrected chi connectivity index (χ4v) is 3.79. The van der Waals surface area contributed by atoms with E-state index in [4.69, 9.17) is 0 Å². The predicted octanol–water partition coefficient (Wildman–Crippen LogP) is 3.36. The van der Waals surface area contributed by atoms with Crippen molar-refractivity contribution in [3.05, 3.63) is 0 Å². The summed E-state index contributed by atoms with van der Waals surface area (Å²) in [5, 5.41) is 10.6. The van der Waals surface area contributed by atoms with Crippen molar-refractivity contribution in [3.63, 3.8) is 0 Å². The van der Waals surface area contributed by atoms with Gasteiger partial charge in [-0.1, -0.05) is 39.5 Å². The minimum atomic E-state index is -0.220. The molecule has 2 aliphatic carbocycles. The molecule has 3 unspecified atom stereocenters. The number of hydrogen-bond acceptors (Lipinski definition) is 1. The lowest BCUT2D eigenvalue weighted by Crippen LogP contribution is -2.27. The highest BCUT2D eigenvalue weighted by Gasteiger charge is 2.67. The number of unbranched alkanes of at least 4 members (excludes halogenated alkanes) is 1. The molecule has 2 fully saturated rings. The fourth-order valence-electron chi connectivity index (χ4n) is 3.79. The van der Waals surface area contributed by atoms with E-state index in [9.17, 15) is 5.11 Å². The first-order valence-corrected chi connectivity index (χ1v) is 6.47. The zero-order valence-electron chi connectivity index (χ0n) is 9.63. The van der Waals surface area contributed by atoms with E-state index >= 15 is 0 Å². The molecule has 14 heavy (non-hydrogen) atoms. The molecule has 1 nitrogen and oxygen atoms in total. The lowest BCUT2D eigenvalue weighted by atomic mass is 9.86. The van der Waals surface area contributed by atoms with Crippen molar-refractivity contribution in [1.29, 1.82) is 0 Å². The van der Waals surface area contributed by atoms with Crippen LogP contribution >= 0.6 is 0 Å². The molecule has 1 heteroatoms. The predicted molar refractivity (Wildman–Crippen MR) is 59.1 cm³/mol. The van der Waals surface area contributed by atoms with Crippen LogP contribution in [0.1, 0.15) is 58.8 Å². The molecule has 82 valence electrons. The Kier molecular flexibility index (Phi) is 2.88. The highest BCUT2D eigenvalue weighted by Crippen LogP contribution is 2.65. The van der Waals surface area contributed by atoms with Crippen LogP contribution in [0.2, 0.25) is 0 Å². The van der Waals surface area contributed by atoms with Crippen molar-refractivity contribution in [2.24, 2.45) is 17.8 Å². The summed E-state index contributed by atoms with van der Waals surface area (Å²) in [6.45, 7) is 4.48. The van der Waals surface area contributed by atoms with Gasteiger partial charge in [0, 0.05) is 0 Å². The first-order valence-electron chi connectivity index (χ1n) is 6.47. The van der Waals surface area contributed by atoms with Gasteiger partial charge in [0.25, 0.3) is 0 Å². The van der Waals surface area contributed by atoms with Crippen molar-refractivity contribution >= 4 is 0 Å². The van der Waals surface area contributed by atoms with Gasteiger partial charge in [0.2, 0.25) is 0 Å². The molecule has 1 N–H and O–H groups in total. The maximum absolute atomic E-state index is 10.6. The molecule has 0 bridgehead atoms. The van der Waals surface area contributed by atoms with Crippen molar-refractivity contribution in [2.45, 2.75) is 64.4 Å². The van der Waals surface area contributed by atoms with Gasteiger partial charge in [-0.2, -0.15) is 0 Å². The largest absolute Gasteiger partial charge is 0.389 e. The molecule has 0 spiro atoms. The van der Waals surface area contributed by atoms with Crippen LogP contribution in [0.25, 0.3) is 0 Å². The minimum Gasteiger partial charge on any atom is -0.389 e. The molecule has 0 aromatic carbocycles. The Bertz CT molecular complexity index is 189. The van der Waals surface area contributed by atoms with Crippen LogP contribution < -0.4 is 0 Å². The summed E-state index contributed by atoms with van der Waals surface area (Å²) in [6, 6.07) is 0. The van der Waals surface area contributed by atoms with E-state index in [2.05, 4.69) is 13.8 Å². The number of hydrogen-bond donors (Lipinski definition) is 1. The standard InChI is InChI=1S/C13H24O/c1-3-5-7-10(4-2)13(14)11-8-6-9-12(11)13/h10-12,14H,3-9H2,1-2H3. The molecule has 0 aromatic heterocycles. The zero-order chi connectivity index (χ0) is 10.2. The molecular weight excluding hydrogens is 172 g/mol. The Labute approximate surface area is 87.9 Å². The van der Waals surface area contributed by atoms with E-state index in [1.165, 1.54) is 44.9 Å². The van der Waals surface area contributed by atoms with E-state index in [-0.39, 0.29) is 5.60 Å². The Morgan fingerprint density at radius 3 is 2.43 bits per heavy atom. The second-order valence-electron chi connectivity index (χ2n) is 5.28. The normalized spacial score (nSPS) is 42.2. The van der Waals surface area contributed by atoms with Gasteiger partial charge in [0.1, 0.15) is 0 Å². The summed E-state index contributed by atoms with van der Waals surface area (Å²) in [5.41, 5.74) is -0.220. The second kappa shape index (κ2) is 3.84. The number of aliphatic hydroxyl groups is 1. The minimum absolute atomic E-state index is 0.220. The molecule has 0 aliphatic heterocycles. The monoisotopic (exact) mass is 196 g/mol. The quantitative estimate of drug-likeness (QED) is 0.715. The third-order valence-corrected chi connectivity index (χ3v) is 4.65. The fraction of sp³-hybridized carbons (Fsp3) is 1.00. The van der Waals surface area contributed by atoms with Crippen LogP contribution in [-0.2, 0) is 0 Å². The van der Waals surface area contributed by atoms with Crippen LogP contribution in [0, 0.1) is 17.8 Å². The molecule has 0 heterocycles. The molecule has 0 aromatic rings. The molecular formula is C13H24O. The van der Waals surface area contributed by atoms with Gasteiger partial charge >= 0.3 is 0 Å². The van der Waals surface area contributed by atoms with Gasteiger partial charge in [-0.25, -0.2) is 0 Å². The summed E-state index contributed by atoms with van der Waals surface area (Å²) in [6.07, 6.45) is 8.93. The zero-order valence-corrected chi connectivity index (χ0v) is 9.63. The highest BCUT2D eigenvalue weighted by atomic mass is 16.3. The summed E-state index contributed by atoms with van der Waals surface area (Å²) in [7, 11) is 0. The summed E-state index contributed by atoms with van der Waals surface area (Å²) >= 11 is 0. The number of fused-ring (bicyclic) bond motifs is 1. The molecule has 0 saturated heterocycles. The van der Waals surface area contributed by atoms with Crippen LogP contribution in [0.5, 0.6) is 0 Å². The van der Waals surface area contributed by atoms with Gasteiger partial charge in [-0.15, -0.1) is 0 Å². The number of rotatable bonds is 5. The van der Waals surface area contributed by atoms with Gasteiger partial charge in [0.05, 0.1) is 5.60 Å². The Morgan fingerprint density at radius 1 is 1.29 bits per heavy atom. The lowest BCUT2D eigenvalue weighted by molar-refractivity contribution is 0.0362. The molecule has 2 rings (SSSR count). The lowest BCUT2D eigenvalue weighted by Gasteiger charge is -2.25. The van der Waals surface area contributed by atoms with Gasteiger partial charge in [-0.05, 0) is 37.0 Å². The van der Waals surface area contributed by atoms with Crippen LogP contribution in [-0.4, -0.2) is 10.7 Å². The van der Waals surface area contributed by atoms with E-state index in [1.54, 1.807) is 0 Å². The van der Waals surface area contributed by atoms with E-state index < -0.39 is 0 Å². The third-order valence-electron chi connectivity index (χ3n) is 4.65. The highest BCUT2D eigenvalue weighted by molar-refractivity contribution is 5.17. The Morgan fingerprint density at radius 2 is 1.93 bits per heavy atom. The van der Waals surface area contributed by atoms with E-state index in [0.29, 0.717) is 17.8 Å². The summed E-state index contributed by atoms with van der Waals surface area (Å²) < 4.78 is 0. The summed E-state index contributed by atoms with van der Waals surface area (Å²) in [4.78, 5) is 0. The topological polar surface area (TPSA) is 20.2 Å². The molecule has 3 atom stereocenters. The van der Waals surface area contributed by atoms with Crippen molar-refractivity contribution < 1.29 is 5.11 Å². The van der Waals surface area contributed by atoms with E-state index in [0.717, 1.165) is 0 Å². The van der Waals surface area contributed by atoms with Crippen LogP contribution in [0.15, 0.2) is 0 Å². The smallest absolute Gasteiger partial charge is 0.0739 e. The van der Waals surface area contributed by atoms with Gasteiger partial charge in [0.15, 0.2) is 0 Å². The van der Waals surface area contributed by atoms with Crippen molar-refractivity contribution in [2.75, 3.05) is 0 Å². The Balaban J connectivity index is 1.92. The van der Waals surface area contributed by atoms with Gasteiger partial charge in [-0.3, -0.25) is 0 Å². The van der Waals surface area contributed by atoms with Crippen LogP contribution in [0.4, 0.5) is 0 Å². The molecule has 2 saturated carbocycles. The summed E-state index contributed by atoms with van der Waals surface area (Å²) in [5.74, 6) is 1.96. The van der Waals surface area contributed by atoms with Crippen molar-refractivity contribution in [1.82, 2.24) is 0 Å². The SMILES string of the molecule is CCCCC(CC)C1(O)C2CCCC21. The second-order valence-corrected chi connectivity index (χ2v) is 5.28. The van der Waals surface area contributed by atoms with Gasteiger partial charge < -0.3 is 5.11 Å². The van der Waals surface area contributed by atoms with E-state index in [1.807, 2.05) is 0 Å². The molecule has 0 radical (unpaired) electrons. The maximum Gasteiger partial charge on any atom is 0.0739 e. The average molecular weight is 196 g/mol. The molecule has 0 amide bonds. The Hall–Kier alpha value is -0.0400. The van der Waals surface area contributed by atoms with Crippen molar-refractivity contribution in [3.8, 4) is 0 Å². The molecule has 2 aliphatic rings. The third kappa shape index (κ3) is 1.41. The van der Waals surface area contributed by atoms with Crippen LogP contribution in [0.3, 0.4) is 0 Å².